The first kappa shape index (κ1) is 25.4. The topological polar surface area (TPSA) is 89.4 Å². The Morgan fingerprint density at radius 1 is 1.05 bits per heavy atom. The smallest absolute Gasteiger partial charge is 0.249 e. The number of carbonyl (C=O) groups excluding carboxylic acids is 2. The van der Waals surface area contributed by atoms with Crippen molar-refractivity contribution in [1.29, 1.82) is 0 Å². The molecule has 1 N–H and O–H groups in total. The number of anilines is 1. The molecule has 0 unspecified atom stereocenters. The van der Waals surface area contributed by atoms with Crippen LogP contribution in [0.15, 0.2) is 72.8 Å². The summed E-state index contributed by atoms with van der Waals surface area (Å²) in [6.45, 7) is -0.230. The first-order chi connectivity index (χ1) is 18.5. The van der Waals surface area contributed by atoms with Crippen LogP contribution in [0.25, 0.3) is 11.0 Å². The lowest BCUT2D eigenvalue weighted by Gasteiger charge is -2.33. The van der Waals surface area contributed by atoms with E-state index in [4.69, 9.17) is 4.74 Å². The van der Waals surface area contributed by atoms with Crippen molar-refractivity contribution in [3.63, 3.8) is 0 Å². The van der Waals surface area contributed by atoms with Gasteiger partial charge in [-0.3, -0.25) is 14.5 Å². The third-order valence-corrected chi connectivity index (χ3v) is 6.95. The SMILES string of the molecule is COc1cccc([C@H](C(=O)NC2CCCCC2)N(C(=O)Cn2nnc3ccccc32)c2ccccc2F)c1. The van der Waals surface area contributed by atoms with E-state index in [9.17, 15) is 9.59 Å². The molecule has 0 saturated heterocycles. The van der Waals surface area contributed by atoms with Crippen LogP contribution in [-0.4, -0.2) is 40.0 Å². The standard InChI is InChI=1S/C29H30FN5O3/c1-38-22-13-9-10-20(18-22)28(29(37)31-21-11-3-2-4-12-21)35(25-16-7-5-14-23(25)30)27(36)19-34-26-17-8-6-15-24(26)32-33-34/h5-10,13-18,21,28H,2-4,11-12,19H2,1H3,(H,31,37)/t28-/m1/s1. The van der Waals surface area contributed by atoms with Gasteiger partial charge < -0.3 is 10.1 Å². The number of methoxy groups -OCH3 is 1. The van der Waals surface area contributed by atoms with Gasteiger partial charge in [-0.25, -0.2) is 9.07 Å². The molecule has 196 valence electrons. The van der Waals surface area contributed by atoms with Crippen molar-refractivity contribution in [1.82, 2.24) is 20.3 Å². The van der Waals surface area contributed by atoms with Crippen LogP contribution < -0.4 is 15.0 Å². The lowest BCUT2D eigenvalue weighted by Crippen LogP contribution is -2.48. The minimum atomic E-state index is -1.13. The number of nitrogens with zero attached hydrogens (tertiary/aromatic N) is 4. The quantitative estimate of drug-likeness (QED) is 0.364. The predicted molar refractivity (Wildman–Crippen MR) is 142 cm³/mol. The number of fused-ring (bicyclic) bond motifs is 1. The number of para-hydroxylation sites is 2. The zero-order valence-corrected chi connectivity index (χ0v) is 21.2. The molecule has 8 nitrogen and oxygen atoms in total. The lowest BCUT2D eigenvalue weighted by molar-refractivity contribution is -0.127. The summed E-state index contributed by atoms with van der Waals surface area (Å²) >= 11 is 0. The normalized spacial score (nSPS) is 14.7. The zero-order chi connectivity index (χ0) is 26.5. The Morgan fingerprint density at radius 2 is 1.82 bits per heavy atom. The molecule has 2 amide bonds. The second-order valence-corrected chi connectivity index (χ2v) is 9.47. The van der Waals surface area contributed by atoms with Gasteiger partial charge in [-0.1, -0.05) is 60.9 Å². The minimum Gasteiger partial charge on any atom is -0.497 e. The molecule has 0 bridgehead atoms. The summed E-state index contributed by atoms with van der Waals surface area (Å²) in [6, 6.07) is 19.1. The summed E-state index contributed by atoms with van der Waals surface area (Å²) in [4.78, 5) is 29.2. The molecule has 5 rings (SSSR count). The highest BCUT2D eigenvalue weighted by molar-refractivity contribution is 6.01. The average molecular weight is 516 g/mol. The maximum Gasteiger partial charge on any atom is 0.249 e. The molecule has 3 aromatic carbocycles. The van der Waals surface area contributed by atoms with Crippen molar-refractivity contribution >= 4 is 28.5 Å². The van der Waals surface area contributed by atoms with E-state index in [1.165, 1.54) is 28.8 Å². The Bertz CT molecular complexity index is 1430. The maximum absolute atomic E-state index is 15.3. The Morgan fingerprint density at radius 3 is 2.61 bits per heavy atom. The number of hydrogen-bond acceptors (Lipinski definition) is 5. The summed E-state index contributed by atoms with van der Waals surface area (Å²) in [6.07, 6.45) is 4.94. The highest BCUT2D eigenvalue weighted by Crippen LogP contribution is 2.32. The van der Waals surface area contributed by atoms with Crippen LogP contribution in [0.1, 0.15) is 43.7 Å². The first-order valence-corrected chi connectivity index (χ1v) is 12.8. The predicted octanol–water partition coefficient (Wildman–Crippen LogP) is 4.80. The van der Waals surface area contributed by atoms with E-state index in [-0.39, 0.29) is 24.2 Å². The van der Waals surface area contributed by atoms with Gasteiger partial charge in [0.2, 0.25) is 11.8 Å². The molecule has 0 aliphatic heterocycles. The minimum absolute atomic E-state index is 0.00110. The number of hydrogen-bond donors (Lipinski definition) is 1. The van der Waals surface area contributed by atoms with Crippen molar-refractivity contribution < 1.29 is 18.7 Å². The number of benzene rings is 3. The van der Waals surface area contributed by atoms with Gasteiger partial charge in [0, 0.05) is 6.04 Å². The van der Waals surface area contributed by atoms with Crippen LogP contribution in [0.4, 0.5) is 10.1 Å². The van der Waals surface area contributed by atoms with E-state index in [1.807, 2.05) is 18.2 Å². The van der Waals surface area contributed by atoms with Crippen molar-refractivity contribution in [2.24, 2.45) is 0 Å². The molecule has 0 spiro atoms. The molecule has 1 aliphatic carbocycles. The van der Waals surface area contributed by atoms with Gasteiger partial charge in [0.05, 0.1) is 18.3 Å². The largest absolute Gasteiger partial charge is 0.497 e. The zero-order valence-electron chi connectivity index (χ0n) is 21.2. The van der Waals surface area contributed by atoms with Gasteiger partial charge in [0.1, 0.15) is 29.7 Å². The molecule has 1 aromatic heterocycles. The summed E-state index contributed by atoms with van der Waals surface area (Å²) in [5.41, 5.74) is 1.82. The average Bonchev–Trinajstić information content (AvgIpc) is 3.35. The van der Waals surface area contributed by atoms with Gasteiger partial charge in [-0.2, -0.15) is 0 Å². The molecule has 1 heterocycles. The summed E-state index contributed by atoms with van der Waals surface area (Å²) in [5.74, 6) is -0.952. The van der Waals surface area contributed by atoms with E-state index in [0.29, 0.717) is 22.3 Å². The molecular formula is C29H30FN5O3. The van der Waals surface area contributed by atoms with E-state index < -0.39 is 17.8 Å². The molecule has 0 radical (unpaired) electrons. The van der Waals surface area contributed by atoms with Crippen molar-refractivity contribution in [2.75, 3.05) is 12.0 Å². The monoisotopic (exact) mass is 515 g/mol. The molecule has 1 atom stereocenters. The van der Waals surface area contributed by atoms with Crippen LogP contribution in [0.5, 0.6) is 5.75 Å². The van der Waals surface area contributed by atoms with Gasteiger partial charge in [0.25, 0.3) is 0 Å². The van der Waals surface area contributed by atoms with E-state index in [2.05, 4.69) is 15.6 Å². The molecule has 1 saturated carbocycles. The molecule has 4 aromatic rings. The van der Waals surface area contributed by atoms with Crippen LogP contribution >= 0.6 is 0 Å². The Kier molecular flexibility index (Phi) is 7.62. The highest BCUT2D eigenvalue weighted by Gasteiger charge is 2.36. The Labute approximate surface area is 220 Å². The van der Waals surface area contributed by atoms with Crippen molar-refractivity contribution in [3.8, 4) is 5.75 Å². The Hall–Kier alpha value is -4.27. The highest BCUT2D eigenvalue weighted by atomic mass is 19.1. The molecule has 1 fully saturated rings. The second kappa shape index (κ2) is 11.4. The number of ether oxygens (including phenoxy) is 1. The first-order valence-electron chi connectivity index (χ1n) is 12.8. The molecule has 1 aliphatic rings. The third-order valence-electron chi connectivity index (χ3n) is 6.95. The fraction of sp³-hybridized carbons (Fsp3) is 0.310. The van der Waals surface area contributed by atoms with E-state index in [0.717, 1.165) is 32.1 Å². The number of halogens is 1. The third kappa shape index (κ3) is 5.37. The molecule has 9 heteroatoms. The van der Waals surface area contributed by atoms with Crippen molar-refractivity contribution in [3.05, 3.63) is 84.2 Å². The van der Waals surface area contributed by atoms with Crippen LogP contribution in [0.2, 0.25) is 0 Å². The van der Waals surface area contributed by atoms with Crippen LogP contribution in [0.3, 0.4) is 0 Å². The van der Waals surface area contributed by atoms with Gasteiger partial charge >= 0.3 is 0 Å². The van der Waals surface area contributed by atoms with Gasteiger partial charge in [-0.05, 0) is 54.8 Å². The number of nitrogens with one attached hydrogen (secondary N) is 1. The maximum atomic E-state index is 15.3. The number of carbonyl (C=O) groups is 2. The number of rotatable bonds is 8. The van der Waals surface area contributed by atoms with Crippen LogP contribution in [-0.2, 0) is 16.1 Å². The van der Waals surface area contributed by atoms with E-state index >= 15 is 4.39 Å². The van der Waals surface area contributed by atoms with Crippen LogP contribution in [0, 0.1) is 5.82 Å². The van der Waals surface area contributed by atoms with Gasteiger partial charge in [-0.15, -0.1) is 5.10 Å². The fourth-order valence-corrected chi connectivity index (χ4v) is 5.06. The number of amides is 2. The summed E-state index contributed by atoms with van der Waals surface area (Å²) in [5, 5.41) is 11.4. The van der Waals surface area contributed by atoms with Crippen molar-refractivity contribution in [2.45, 2.75) is 50.7 Å². The Balaban J connectivity index is 1.58. The molecular weight excluding hydrogens is 485 g/mol. The summed E-state index contributed by atoms with van der Waals surface area (Å²) < 4.78 is 22.2. The molecule has 38 heavy (non-hydrogen) atoms. The summed E-state index contributed by atoms with van der Waals surface area (Å²) in [7, 11) is 1.53. The number of aromatic nitrogens is 3. The van der Waals surface area contributed by atoms with E-state index in [1.54, 1.807) is 42.5 Å². The lowest BCUT2D eigenvalue weighted by atomic mass is 9.94. The fourth-order valence-electron chi connectivity index (χ4n) is 5.06. The van der Waals surface area contributed by atoms with Gasteiger partial charge in [0.15, 0.2) is 0 Å². The second-order valence-electron chi connectivity index (χ2n) is 9.47.